The summed E-state index contributed by atoms with van der Waals surface area (Å²) >= 11 is 0. The first-order valence-electron chi connectivity index (χ1n) is 12.4. The van der Waals surface area contributed by atoms with Crippen molar-refractivity contribution in [3.63, 3.8) is 0 Å². The molecule has 0 fully saturated rings. The van der Waals surface area contributed by atoms with Crippen molar-refractivity contribution in [3.05, 3.63) is 115 Å². The zero-order valence-corrected chi connectivity index (χ0v) is 19.9. The van der Waals surface area contributed by atoms with Crippen molar-refractivity contribution in [1.29, 1.82) is 0 Å². The topological polar surface area (TPSA) is 17.8 Å². The molecule has 0 unspecified atom stereocenters. The number of benzene rings is 7. The van der Waals surface area contributed by atoms with Crippen LogP contribution in [0.2, 0.25) is 0 Å². The van der Waals surface area contributed by atoms with Gasteiger partial charge in [0.2, 0.25) is 0 Å². The lowest BCUT2D eigenvalue weighted by Crippen LogP contribution is -1.92. The van der Waals surface area contributed by atoms with E-state index in [1.165, 1.54) is 54.2 Å². The number of fused-ring (bicyclic) bond motifs is 3. The SMILES string of the molecule is Cn1c(-c2ccccc2)nc2cc(-c3ccc4c5cccc6cccc(c7cccc3c74)c65)ccc21. The third kappa shape index (κ3) is 2.59. The lowest BCUT2D eigenvalue weighted by Gasteiger charge is -2.16. The Kier molecular flexibility index (Phi) is 3.90. The molecule has 0 radical (unpaired) electrons. The maximum atomic E-state index is 5.03. The van der Waals surface area contributed by atoms with Gasteiger partial charge in [-0.15, -0.1) is 0 Å². The van der Waals surface area contributed by atoms with Crippen molar-refractivity contribution >= 4 is 54.1 Å². The summed E-state index contributed by atoms with van der Waals surface area (Å²) < 4.78 is 2.18. The zero-order chi connectivity index (χ0) is 23.8. The van der Waals surface area contributed by atoms with E-state index in [1.807, 2.05) is 6.07 Å². The van der Waals surface area contributed by atoms with Gasteiger partial charge in [-0.05, 0) is 66.3 Å². The van der Waals surface area contributed by atoms with E-state index in [1.54, 1.807) is 0 Å². The highest BCUT2D eigenvalue weighted by atomic mass is 15.1. The molecular weight excluding hydrogens is 436 g/mol. The molecule has 0 aliphatic rings. The second-order valence-electron chi connectivity index (χ2n) is 9.66. The van der Waals surface area contributed by atoms with Gasteiger partial charge in [-0.2, -0.15) is 0 Å². The number of hydrogen-bond acceptors (Lipinski definition) is 1. The monoisotopic (exact) mass is 458 g/mol. The summed E-state index contributed by atoms with van der Waals surface area (Å²) in [6.07, 6.45) is 0. The average molecular weight is 459 g/mol. The first-order valence-corrected chi connectivity index (χ1v) is 12.4. The molecule has 8 aromatic rings. The molecule has 0 saturated heterocycles. The van der Waals surface area contributed by atoms with Crippen LogP contribution in [0.4, 0.5) is 0 Å². The average Bonchev–Trinajstić information content (AvgIpc) is 3.27. The van der Waals surface area contributed by atoms with Crippen LogP contribution in [0.15, 0.2) is 115 Å². The van der Waals surface area contributed by atoms with Gasteiger partial charge in [0, 0.05) is 12.6 Å². The van der Waals surface area contributed by atoms with Gasteiger partial charge in [0.05, 0.1) is 11.0 Å². The van der Waals surface area contributed by atoms with E-state index in [9.17, 15) is 0 Å². The molecule has 0 aliphatic heterocycles. The van der Waals surface area contributed by atoms with Crippen molar-refractivity contribution < 1.29 is 0 Å². The Balaban J connectivity index is 1.41. The molecule has 2 heteroatoms. The summed E-state index contributed by atoms with van der Waals surface area (Å²) in [4.78, 5) is 5.03. The predicted octanol–water partition coefficient (Wildman–Crippen LogP) is 8.96. The molecule has 0 spiro atoms. The zero-order valence-electron chi connectivity index (χ0n) is 19.9. The highest BCUT2D eigenvalue weighted by Crippen LogP contribution is 2.43. The van der Waals surface area contributed by atoms with E-state index in [0.29, 0.717) is 0 Å². The van der Waals surface area contributed by atoms with E-state index < -0.39 is 0 Å². The molecule has 7 aromatic carbocycles. The predicted molar refractivity (Wildman–Crippen MR) is 153 cm³/mol. The minimum absolute atomic E-state index is 0.990. The fourth-order valence-electron chi connectivity index (χ4n) is 6.11. The number of aryl methyl sites for hydroxylation is 1. The van der Waals surface area contributed by atoms with Gasteiger partial charge >= 0.3 is 0 Å². The molecule has 0 saturated carbocycles. The normalized spacial score (nSPS) is 12.0. The highest BCUT2D eigenvalue weighted by molar-refractivity contribution is 6.34. The van der Waals surface area contributed by atoms with Gasteiger partial charge in [0.1, 0.15) is 5.82 Å². The second kappa shape index (κ2) is 7.16. The van der Waals surface area contributed by atoms with Crippen LogP contribution in [0.1, 0.15) is 0 Å². The van der Waals surface area contributed by atoms with Crippen LogP contribution < -0.4 is 0 Å². The van der Waals surface area contributed by atoms with E-state index in [2.05, 4.69) is 121 Å². The van der Waals surface area contributed by atoms with Crippen LogP contribution in [0.25, 0.3) is 76.6 Å². The minimum atomic E-state index is 0.990. The van der Waals surface area contributed by atoms with Crippen molar-refractivity contribution in [2.75, 3.05) is 0 Å². The molecule has 168 valence electrons. The fourth-order valence-corrected chi connectivity index (χ4v) is 6.11. The Hall–Kier alpha value is -4.69. The van der Waals surface area contributed by atoms with Gasteiger partial charge < -0.3 is 4.57 Å². The van der Waals surface area contributed by atoms with Gasteiger partial charge in [0.25, 0.3) is 0 Å². The largest absolute Gasteiger partial charge is 0.327 e. The van der Waals surface area contributed by atoms with E-state index in [-0.39, 0.29) is 0 Å². The maximum absolute atomic E-state index is 5.03. The summed E-state index contributed by atoms with van der Waals surface area (Å²) in [5, 5.41) is 10.6. The Morgan fingerprint density at radius 3 is 1.97 bits per heavy atom. The Morgan fingerprint density at radius 1 is 0.528 bits per heavy atom. The van der Waals surface area contributed by atoms with Crippen molar-refractivity contribution in [3.8, 4) is 22.5 Å². The molecule has 2 nitrogen and oxygen atoms in total. The van der Waals surface area contributed by atoms with Crippen LogP contribution in [0, 0.1) is 0 Å². The maximum Gasteiger partial charge on any atom is 0.140 e. The number of imidazole rings is 1. The van der Waals surface area contributed by atoms with E-state index >= 15 is 0 Å². The molecule has 0 aliphatic carbocycles. The van der Waals surface area contributed by atoms with Gasteiger partial charge in [-0.25, -0.2) is 4.98 Å². The molecular formula is C34H22N2. The number of rotatable bonds is 2. The molecule has 0 atom stereocenters. The first-order chi connectivity index (χ1) is 17.8. The summed E-state index contributed by atoms with van der Waals surface area (Å²) in [7, 11) is 2.10. The molecule has 0 N–H and O–H groups in total. The third-order valence-corrected chi connectivity index (χ3v) is 7.75. The second-order valence-corrected chi connectivity index (χ2v) is 9.66. The van der Waals surface area contributed by atoms with Crippen LogP contribution in [0.5, 0.6) is 0 Å². The number of aromatic nitrogens is 2. The highest BCUT2D eigenvalue weighted by Gasteiger charge is 2.16. The lowest BCUT2D eigenvalue weighted by atomic mass is 9.87. The summed E-state index contributed by atoms with van der Waals surface area (Å²) in [6, 6.07) is 41.7. The minimum Gasteiger partial charge on any atom is -0.327 e. The number of hydrogen-bond donors (Lipinski definition) is 0. The first kappa shape index (κ1) is 19.6. The quantitative estimate of drug-likeness (QED) is 0.187. The van der Waals surface area contributed by atoms with Crippen LogP contribution >= 0.6 is 0 Å². The standard InChI is InChI=1S/C34H22N2/c1-36-31-19-16-23(20-30(31)35-34(36)22-8-3-2-4-9-22)24-17-18-29-27-13-6-11-21-10-5-12-26(32(21)27)28-15-7-14-25(24)33(28)29/h2-20H,1H3. The Morgan fingerprint density at radius 2 is 1.19 bits per heavy atom. The van der Waals surface area contributed by atoms with Crippen LogP contribution in [-0.4, -0.2) is 9.55 Å². The van der Waals surface area contributed by atoms with E-state index in [4.69, 9.17) is 4.98 Å². The third-order valence-electron chi connectivity index (χ3n) is 7.75. The lowest BCUT2D eigenvalue weighted by molar-refractivity contribution is 0.959. The van der Waals surface area contributed by atoms with Gasteiger partial charge in [-0.1, -0.05) is 103 Å². The Labute approximate surface area is 208 Å². The summed E-state index contributed by atoms with van der Waals surface area (Å²) in [6.45, 7) is 0. The smallest absolute Gasteiger partial charge is 0.140 e. The van der Waals surface area contributed by atoms with Crippen molar-refractivity contribution in [2.45, 2.75) is 0 Å². The molecule has 0 bridgehead atoms. The molecule has 1 aromatic heterocycles. The molecule has 8 rings (SSSR count). The van der Waals surface area contributed by atoms with E-state index in [0.717, 1.165) is 22.4 Å². The van der Waals surface area contributed by atoms with Gasteiger partial charge in [0.15, 0.2) is 0 Å². The van der Waals surface area contributed by atoms with Crippen molar-refractivity contribution in [2.24, 2.45) is 7.05 Å². The summed E-state index contributed by atoms with van der Waals surface area (Å²) in [5.41, 5.74) is 5.73. The molecule has 1 heterocycles. The fraction of sp³-hybridized carbons (Fsp3) is 0.0294. The number of nitrogens with zero attached hydrogens (tertiary/aromatic N) is 2. The molecule has 36 heavy (non-hydrogen) atoms. The van der Waals surface area contributed by atoms with Crippen molar-refractivity contribution in [1.82, 2.24) is 9.55 Å². The van der Waals surface area contributed by atoms with Crippen LogP contribution in [-0.2, 0) is 7.05 Å². The summed E-state index contributed by atoms with van der Waals surface area (Å²) in [5.74, 6) is 0.990. The molecule has 0 amide bonds. The Bertz CT molecular complexity index is 2050. The van der Waals surface area contributed by atoms with Crippen LogP contribution in [0.3, 0.4) is 0 Å². The van der Waals surface area contributed by atoms with Gasteiger partial charge in [-0.3, -0.25) is 0 Å².